The molecule has 0 radical (unpaired) electrons. The fourth-order valence-corrected chi connectivity index (χ4v) is 2.54. The van der Waals surface area contributed by atoms with E-state index in [0.717, 1.165) is 15.6 Å². The Morgan fingerprint density at radius 3 is 2.50 bits per heavy atom. The molecule has 106 valence electrons. The molecule has 0 aliphatic heterocycles. The van der Waals surface area contributed by atoms with Crippen LogP contribution in [0.15, 0.2) is 40.0 Å². The summed E-state index contributed by atoms with van der Waals surface area (Å²) in [6.07, 6.45) is 0. The highest BCUT2D eigenvalue weighted by molar-refractivity contribution is 7.98. The molecule has 20 heavy (non-hydrogen) atoms. The molecule has 0 unspecified atom stereocenters. The van der Waals surface area contributed by atoms with E-state index in [2.05, 4.69) is 9.97 Å². The second kappa shape index (κ2) is 6.02. The van der Waals surface area contributed by atoms with Crippen LogP contribution in [-0.4, -0.2) is 9.97 Å². The summed E-state index contributed by atoms with van der Waals surface area (Å²) in [7, 11) is 0. The van der Waals surface area contributed by atoms with Crippen LogP contribution in [0, 0.1) is 0 Å². The lowest BCUT2D eigenvalue weighted by Crippen LogP contribution is -2.20. The maximum atomic E-state index is 11.7. The number of benzene rings is 1. The Balaban J connectivity index is 2.15. The number of aromatic amines is 1. The Morgan fingerprint density at radius 1 is 1.25 bits per heavy atom. The Labute approximate surface area is 127 Å². The second-order valence-electron chi connectivity index (χ2n) is 5.57. The topological polar surface area (TPSA) is 45.8 Å². The van der Waals surface area contributed by atoms with Gasteiger partial charge in [-0.2, -0.15) is 0 Å². The van der Waals surface area contributed by atoms with Crippen molar-refractivity contribution >= 4 is 23.4 Å². The van der Waals surface area contributed by atoms with Gasteiger partial charge in [0, 0.05) is 21.4 Å². The van der Waals surface area contributed by atoms with Gasteiger partial charge < -0.3 is 4.98 Å². The maximum Gasteiger partial charge on any atom is 0.251 e. The van der Waals surface area contributed by atoms with E-state index in [0.29, 0.717) is 11.6 Å². The highest BCUT2D eigenvalue weighted by atomic mass is 35.5. The van der Waals surface area contributed by atoms with Crippen LogP contribution in [0.1, 0.15) is 32.3 Å². The Hall–Kier alpha value is -1.26. The van der Waals surface area contributed by atoms with Gasteiger partial charge in [-0.25, -0.2) is 4.98 Å². The van der Waals surface area contributed by atoms with Gasteiger partial charge in [0.05, 0.1) is 11.4 Å². The first-order chi connectivity index (χ1) is 9.34. The van der Waals surface area contributed by atoms with Crippen molar-refractivity contribution in [2.24, 2.45) is 0 Å². The van der Waals surface area contributed by atoms with Crippen LogP contribution in [0.4, 0.5) is 0 Å². The van der Waals surface area contributed by atoms with Crippen LogP contribution in [0.2, 0.25) is 5.02 Å². The molecule has 0 aliphatic rings. The third kappa shape index (κ3) is 4.12. The molecule has 2 rings (SSSR count). The molecular weight excluding hydrogens is 292 g/mol. The van der Waals surface area contributed by atoms with Crippen molar-refractivity contribution in [2.75, 3.05) is 0 Å². The molecule has 0 fully saturated rings. The molecule has 1 aromatic heterocycles. The van der Waals surface area contributed by atoms with Gasteiger partial charge in [-0.1, -0.05) is 32.4 Å². The fraction of sp³-hybridized carbons (Fsp3) is 0.333. The second-order valence-corrected chi connectivity index (χ2v) is 7.06. The standard InChI is InChI=1S/C15H17ClN2OS/c1-15(2,3)12-8-14(19)18-13(17-12)9-20-11-6-4-10(16)5-7-11/h4-8H,9H2,1-3H3,(H,17,18,19). The number of nitrogens with zero attached hydrogens (tertiary/aromatic N) is 1. The summed E-state index contributed by atoms with van der Waals surface area (Å²) in [5.41, 5.74) is 0.582. The molecule has 5 heteroatoms. The summed E-state index contributed by atoms with van der Waals surface area (Å²) >= 11 is 7.47. The molecule has 1 heterocycles. The van der Waals surface area contributed by atoms with Crippen molar-refractivity contribution in [1.82, 2.24) is 9.97 Å². The third-order valence-electron chi connectivity index (χ3n) is 2.75. The number of nitrogens with one attached hydrogen (secondary N) is 1. The molecule has 0 spiro atoms. The minimum absolute atomic E-state index is 0.100. The molecule has 0 bridgehead atoms. The maximum absolute atomic E-state index is 11.7. The van der Waals surface area contributed by atoms with E-state index in [1.54, 1.807) is 17.8 Å². The van der Waals surface area contributed by atoms with Gasteiger partial charge in [0.25, 0.3) is 5.56 Å². The van der Waals surface area contributed by atoms with Crippen molar-refractivity contribution < 1.29 is 0 Å². The normalized spacial score (nSPS) is 11.6. The first-order valence-corrected chi connectivity index (χ1v) is 7.70. The van der Waals surface area contributed by atoms with Crippen molar-refractivity contribution in [3.05, 3.63) is 57.2 Å². The van der Waals surface area contributed by atoms with E-state index in [4.69, 9.17) is 11.6 Å². The van der Waals surface area contributed by atoms with Crippen LogP contribution in [0.3, 0.4) is 0 Å². The summed E-state index contributed by atoms with van der Waals surface area (Å²) < 4.78 is 0. The van der Waals surface area contributed by atoms with E-state index in [9.17, 15) is 4.79 Å². The molecule has 1 aromatic carbocycles. The molecule has 2 aromatic rings. The molecule has 3 nitrogen and oxygen atoms in total. The average Bonchev–Trinajstić information content (AvgIpc) is 2.36. The smallest absolute Gasteiger partial charge is 0.251 e. The number of hydrogen-bond donors (Lipinski definition) is 1. The van der Waals surface area contributed by atoms with Crippen LogP contribution in [0.25, 0.3) is 0 Å². The Kier molecular flexibility index (Phi) is 4.55. The molecule has 0 amide bonds. The van der Waals surface area contributed by atoms with E-state index < -0.39 is 0 Å². The monoisotopic (exact) mass is 308 g/mol. The van der Waals surface area contributed by atoms with Crippen molar-refractivity contribution in [3.63, 3.8) is 0 Å². The zero-order valence-corrected chi connectivity index (χ0v) is 13.3. The van der Waals surface area contributed by atoms with Gasteiger partial charge in [0.15, 0.2) is 0 Å². The van der Waals surface area contributed by atoms with E-state index in [1.807, 2.05) is 45.0 Å². The van der Waals surface area contributed by atoms with E-state index in [1.165, 1.54) is 0 Å². The van der Waals surface area contributed by atoms with Gasteiger partial charge in [-0.05, 0) is 24.3 Å². The number of halogens is 1. The molecule has 0 aliphatic carbocycles. The summed E-state index contributed by atoms with van der Waals surface area (Å²) in [4.78, 5) is 20.1. The summed E-state index contributed by atoms with van der Waals surface area (Å²) in [5, 5.41) is 0.718. The van der Waals surface area contributed by atoms with Crippen LogP contribution >= 0.6 is 23.4 Å². The summed E-state index contributed by atoms with van der Waals surface area (Å²) in [6, 6.07) is 9.19. The molecular formula is C15H17ClN2OS. The van der Waals surface area contributed by atoms with Crippen LogP contribution in [0.5, 0.6) is 0 Å². The number of thioether (sulfide) groups is 1. The number of aromatic nitrogens is 2. The highest BCUT2D eigenvalue weighted by Crippen LogP contribution is 2.24. The van der Waals surface area contributed by atoms with Gasteiger partial charge in [-0.3, -0.25) is 4.79 Å². The Morgan fingerprint density at radius 2 is 1.90 bits per heavy atom. The average molecular weight is 309 g/mol. The molecule has 0 atom stereocenters. The first-order valence-electron chi connectivity index (χ1n) is 6.34. The molecule has 0 saturated carbocycles. The minimum Gasteiger partial charge on any atom is -0.310 e. The lowest BCUT2D eigenvalue weighted by molar-refractivity contribution is 0.562. The number of hydrogen-bond acceptors (Lipinski definition) is 3. The van der Waals surface area contributed by atoms with E-state index >= 15 is 0 Å². The summed E-state index contributed by atoms with van der Waals surface area (Å²) in [5.74, 6) is 1.32. The van der Waals surface area contributed by atoms with E-state index in [-0.39, 0.29) is 11.0 Å². The van der Waals surface area contributed by atoms with Gasteiger partial charge in [0.2, 0.25) is 0 Å². The highest BCUT2D eigenvalue weighted by Gasteiger charge is 2.17. The first kappa shape index (κ1) is 15.1. The lowest BCUT2D eigenvalue weighted by Gasteiger charge is -2.17. The predicted molar refractivity (Wildman–Crippen MR) is 84.6 cm³/mol. The number of H-pyrrole nitrogens is 1. The van der Waals surface area contributed by atoms with Gasteiger partial charge in [-0.15, -0.1) is 11.8 Å². The largest absolute Gasteiger partial charge is 0.310 e. The van der Waals surface area contributed by atoms with Crippen molar-refractivity contribution in [3.8, 4) is 0 Å². The van der Waals surface area contributed by atoms with Crippen LogP contribution < -0.4 is 5.56 Å². The van der Waals surface area contributed by atoms with Crippen molar-refractivity contribution in [1.29, 1.82) is 0 Å². The van der Waals surface area contributed by atoms with Crippen molar-refractivity contribution in [2.45, 2.75) is 36.8 Å². The van der Waals surface area contributed by atoms with Crippen LogP contribution in [-0.2, 0) is 11.2 Å². The SMILES string of the molecule is CC(C)(C)c1cc(=O)[nH]c(CSc2ccc(Cl)cc2)n1. The minimum atomic E-state index is -0.131. The van der Waals surface area contributed by atoms with Gasteiger partial charge >= 0.3 is 0 Å². The molecule has 1 N–H and O–H groups in total. The zero-order chi connectivity index (χ0) is 14.8. The lowest BCUT2D eigenvalue weighted by atomic mass is 9.92. The Bertz CT molecular complexity index is 644. The number of rotatable bonds is 3. The predicted octanol–water partition coefficient (Wildman–Crippen LogP) is 4.01. The molecule has 0 saturated heterocycles. The van der Waals surface area contributed by atoms with Gasteiger partial charge in [0.1, 0.15) is 5.82 Å². The fourth-order valence-electron chi connectivity index (χ4n) is 1.64. The quantitative estimate of drug-likeness (QED) is 0.871. The summed E-state index contributed by atoms with van der Waals surface area (Å²) in [6.45, 7) is 6.14. The zero-order valence-electron chi connectivity index (χ0n) is 11.7. The third-order valence-corrected chi connectivity index (χ3v) is 4.02.